The zero-order valence-electron chi connectivity index (χ0n) is 12.4. The summed E-state index contributed by atoms with van der Waals surface area (Å²) in [5.74, 6) is -1.62. The summed E-state index contributed by atoms with van der Waals surface area (Å²) in [6, 6.07) is 3.40. The van der Waals surface area contributed by atoms with Crippen LogP contribution in [0.1, 0.15) is 11.3 Å². The Balaban J connectivity index is 2.26. The molecule has 0 aliphatic rings. The van der Waals surface area contributed by atoms with E-state index in [2.05, 4.69) is 19.9 Å². The fourth-order valence-corrected chi connectivity index (χ4v) is 2.78. The predicted octanol–water partition coefficient (Wildman–Crippen LogP) is 4.93. The number of nitrogens with one attached hydrogen (secondary N) is 1. The highest BCUT2D eigenvalue weighted by molar-refractivity contribution is 6.32. The van der Waals surface area contributed by atoms with Crippen LogP contribution in [-0.4, -0.2) is 21.5 Å². The Morgan fingerprint density at radius 3 is 2.46 bits per heavy atom. The summed E-state index contributed by atoms with van der Waals surface area (Å²) in [6.07, 6.45) is -4.92. The highest BCUT2D eigenvalue weighted by Crippen LogP contribution is 2.37. The first-order valence-electron chi connectivity index (χ1n) is 6.73. The lowest BCUT2D eigenvalue weighted by molar-refractivity contribution is -0.274. The molecule has 0 spiro atoms. The molecular weight excluding hydrogens is 350 g/mol. The molecule has 0 atom stereocenters. The van der Waals surface area contributed by atoms with Crippen LogP contribution in [0.15, 0.2) is 18.2 Å². The second-order valence-electron chi connectivity index (χ2n) is 5.19. The van der Waals surface area contributed by atoms with E-state index in [1.54, 1.807) is 19.9 Å². The van der Waals surface area contributed by atoms with Gasteiger partial charge in [0.2, 0.25) is 0 Å². The highest BCUT2D eigenvalue weighted by Gasteiger charge is 2.31. The molecule has 24 heavy (non-hydrogen) atoms. The van der Waals surface area contributed by atoms with Crippen LogP contribution in [0.3, 0.4) is 0 Å². The third-order valence-corrected chi connectivity index (χ3v) is 3.70. The Morgan fingerprint density at radius 2 is 1.88 bits per heavy atom. The molecule has 0 aliphatic carbocycles. The van der Waals surface area contributed by atoms with E-state index >= 15 is 0 Å². The van der Waals surface area contributed by atoms with Gasteiger partial charge in [-0.05, 0) is 31.5 Å². The van der Waals surface area contributed by atoms with Gasteiger partial charge in [0.1, 0.15) is 16.4 Å². The van der Waals surface area contributed by atoms with Crippen LogP contribution >= 0.6 is 11.6 Å². The molecule has 4 nitrogen and oxygen atoms in total. The van der Waals surface area contributed by atoms with Crippen molar-refractivity contribution in [3.8, 4) is 17.0 Å². The summed E-state index contributed by atoms with van der Waals surface area (Å²) in [6.45, 7) is 3.38. The zero-order chi connectivity index (χ0) is 17.6. The fourth-order valence-electron chi connectivity index (χ4n) is 2.45. The molecule has 0 radical (unpaired) electrons. The summed E-state index contributed by atoms with van der Waals surface area (Å²) >= 11 is 6.13. The Bertz CT molecular complexity index is 937. The lowest BCUT2D eigenvalue weighted by atomic mass is 10.0. The number of aryl methyl sites for hydroxylation is 2. The maximum Gasteiger partial charge on any atom is 0.573 e. The molecule has 126 valence electrons. The van der Waals surface area contributed by atoms with E-state index in [0.717, 1.165) is 11.8 Å². The molecule has 1 N–H and O–H groups in total. The first-order valence-corrected chi connectivity index (χ1v) is 7.11. The van der Waals surface area contributed by atoms with Crippen LogP contribution in [0.4, 0.5) is 17.6 Å². The number of hydrogen-bond donors (Lipinski definition) is 1. The van der Waals surface area contributed by atoms with Gasteiger partial charge < -0.3 is 4.74 Å². The SMILES string of the molecule is Cc1cc(-c2c(Cl)nc3c(F)cc(OC(F)(F)F)cc3c2C)n[nH]1. The zero-order valence-corrected chi connectivity index (χ0v) is 13.2. The van der Waals surface area contributed by atoms with Gasteiger partial charge in [0.25, 0.3) is 0 Å². The summed E-state index contributed by atoms with van der Waals surface area (Å²) in [4.78, 5) is 3.96. The van der Waals surface area contributed by atoms with E-state index in [0.29, 0.717) is 22.9 Å². The van der Waals surface area contributed by atoms with Gasteiger partial charge in [-0.1, -0.05) is 11.6 Å². The van der Waals surface area contributed by atoms with E-state index < -0.39 is 17.9 Å². The quantitative estimate of drug-likeness (QED) is 0.521. The minimum Gasteiger partial charge on any atom is -0.406 e. The standard InChI is InChI=1S/C15H10ClF4N3O/c1-6-3-11(23-22-6)12-7(2)9-4-8(24-15(18,19)20)5-10(17)13(9)21-14(12)16/h3-5H,1-2H3,(H,22,23). The normalized spacial score (nSPS) is 12.0. The van der Waals surface area contributed by atoms with Crippen LogP contribution < -0.4 is 4.74 Å². The molecule has 0 fully saturated rings. The maximum absolute atomic E-state index is 14.1. The number of benzene rings is 1. The largest absolute Gasteiger partial charge is 0.573 e. The molecular formula is C15H10ClF4N3O. The number of nitrogens with zero attached hydrogens (tertiary/aromatic N) is 2. The van der Waals surface area contributed by atoms with E-state index in [1.807, 2.05) is 0 Å². The number of alkyl halides is 3. The lowest BCUT2D eigenvalue weighted by Gasteiger charge is -2.13. The number of halogens is 5. The van der Waals surface area contributed by atoms with Crippen molar-refractivity contribution in [3.05, 3.63) is 40.4 Å². The molecule has 9 heteroatoms. The van der Waals surface area contributed by atoms with Gasteiger partial charge in [-0.15, -0.1) is 13.2 Å². The summed E-state index contributed by atoms with van der Waals surface area (Å²) < 4.78 is 55.1. The van der Waals surface area contributed by atoms with Crippen LogP contribution in [-0.2, 0) is 0 Å². The Hall–Kier alpha value is -2.35. The summed E-state index contributed by atoms with van der Waals surface area (Å²) in [5, 5.41) is 6.97. The van der Waals surface area contributed by atoms with Crippen molar-refractivity contribution in [2.75, 3.05) is 0 Å². The molecule has 3 rings (SSSR count). The van der Waals surface area contributed by atoms with Crippen molar-refractivity contribution in [1.82, 2.24) is 15.2 Å². The molecule has 0 saturated heterocycles. The van der Waals surface area contributed by atoms with Crippen molar-refractivity contribution in [2.24, 2.45) is 0 Å². The predicted molar refractivity (Wildman–Crippen MR) is 80.4 cm³/mol. The topological polar surface area (TPSA) is 50.8 Å². The molecule has 0 aliphatic heterocycles. The number of aromatic amines is 1. The monoisotopic (exact) mass is 359 g/mol. The number of pyridine rings is 1. The first kappa shape index (κ1) is 16.5. The summed E-state index contributed by atoms with van der Waals surface area (Å²) in [7, 11) is 0. The molecule has 0 bridgehead atoms. The van der Waals surface area contributed by atoms with Crippen LogP contribution in [0, 0.1) is 19.7 Å². The van der Waals surface area contributed by atoms with Crippen LogP contribution in [0.2, 0.25) is 5.15 Å². The Kier molecular flexibility index (Phi) is 3.87. The lowest BCUT2D eigenvalue weighted by Crippen LogP contribution is -2.17. The number of hydrogen-bond acceptors (Lipinski definition) is 3. The van der Waals surface area contributed by atoms with Gasteiger partial charge in [-0.3, -0.25) is 5.10 Å². The van der Waals surface area contributed by atoms with Gasteiger partial charge in [0.15, 0.2) is 5.82 Å². The van der Waals surface area contributed by atoms with Gasteiger partial charge >= 0.3 is 6.36 Å². The number of aromatic nitrogens is 3. The van der Waals surface area contributed by atoms with Crippen LogP contribution in [0.25, 0.3) is 22.2 Å². The van der Waals surface area contributed by atoms with Gasteiger partial charge in [-0.2, -0.15) is 5.10 Å². The van der Waals surface area contributed by atoms with E-state index in [1.165, 1.54) is 0 Å². The fraction of sp³-hybridized carbons (Fsp3) is 0.200. The minimum atomic E-state index is -4.92. The van der Waals surface area contributed by atoms with E-state index in [4.69, 9.17) is 11.6 Å². The molecule has 1 aromatic carbocycles. The number of ether oxygens (including phenoxy) is 1. The minimum absolute atomic E-state index is 0.00916. The first-order chi connectivity index (χ1) is 11.2. The highest BCUT2D eigenvalue weighted by atomic mass is 35.5. The molecule has 0 amide bonds. The number of fused-ring (bicyclic) bond motifs is 1. The van der Waals surface area contributed by atoms with E-state index in [9.17, 15) is 17.6 Å². The van der Waals surface area contributed by atoms with Crippen LogP contribution in [0.5, 0.6) is 5.75 Å². The second-order valence-corrected chi connectivity index (χ2v) is 5.55. The van der Waals surface area contributed by atoms with Crippen molar-refractivity contribution in [1.29, 1.82) is 0 Å². The Labute approximate surface area is 138 Å². The number of rotatable bonds is 2. The smallest absolute Gasteiger partial charge is 0.406 e. The number of H-pyrrole nitrogens is 1. The summed E-state index contributed by atoms with van der Waals surface area (Å²) in [5.41, 5.74) is 1.95. The molecule has 2 aromatic heterocycles. The average molecular weight is 360 g/mol. The molecule has 2 heterocycles. The molecule has 0 unspecified atom stereocenters. The van der Waals surface area contributed by atoms with Gasteiger partial charge in [0.05, 0.1) is 5.69 Å². The molecule has 0 saturated carbocycles. The van der Waals surface area contributed by atoms with Crippen molar-refractivity contribution in [2.45, 2.75) is 20.2 Å². The van der Waals surface area contributed by atoms with Crippen molar-refractivity contribution >= 4 is 22.5 Å². The molecule has 3 aromatic rings. The van der Waals surface area contributed by atoms with Gasteiger partial charge in [-0.25, -0.2) is 9.37 Å². The third-order valence-electron chi connectivity index (χ3n) is 3.43. The second kappa shape index (κ2) is 5.62. The van der Waals surface area contributed by atoms with E-state index in [-0.39, 0.29) is 16.1 Å². The third kappa shape index (κ3) is 3.01. The average Bonchev–Trinajstić information content (AvgIpc) is 2.85. The maximum atomic E-state index is 14.1. The van der Waals surface area contributed by atoms with Gasteiger partial charge in [0, 0.05) is 22.7 Å². The Morgan fingerprint density at radius 1 is 1.17 bits per heavy atom. The van der Waals surface area contributed by atoms with Crippen molar-refractivity contribution < 1.29 is 22.3 Å². The van der Waals surface area contributed by atoms with Crippen molar-refractivity contribution in [3.63, 3.8) is 0 Å².